The Hall–Kier alpha value is -3.32. The van der Waals surface area contributed by atoms with Gasteiger partial charge in [-0.1, -0.05) is 48.0 Å². The molecule has 3 aromatic carbocycles. The van der Waals surface area contributed by atoms with Crippen molar-refractivity contribution >= 4 is 21.6 Å². The number of sulfonamides is 1. The second-order valence-corrected chi connectivity index (χ2v) is 10.1. The van der Waals surface area contributed by atoms with Gasteiger partial charge in [0.2, 0.25) is 5.91 Å². The number of amides is 1. The van der Waals surface area contributed by atoms with Crippen LogP contribution in [0.25, 0.3) is 0 Å². The van der Waals surface area contributed by atoms with Crippen molar-refractivity contribution in [2.24, 2.45) is 0 Å². The molecule has 0 aromatic heterocycles. The molecule has 3 rings (SSSR count). The van der Waals surface area contributed by atoms with E-state index in [0.717, 1.165) is 22.7 Å². The first kappa shape index (κ1) is 25.3. The van der Waals surface area contributed by atoms with Crippen LogP contribution in [0.5, 0.6) is 5.75 Å². The van der Waals surface area contributed by atoms with Crippen LogP contribution in [0, 0.1) is 6.92 Å². The molecule has 0 aliphatic rings. The third kappa shape index (κ3) is 6.84. The normalized spacial score (nSPS) is 12.1. The van der Waals surface area contributed by atoms with Gasteiger partial charge in [-0.3, -0.25) is 9.10 Å². The van der Waals surface area contributed by atoms with Gasteiger partial charge < -0.3 is 10.1 Å². The quantitative estimate of drug-likeness (QED) is 0.431. The number of carbonyl (C=O) groups is 1. The number of carbonyl (C=O) groups excluding carboxylic acids is 1. The highest BCUT2D eigenvalue weighted by Gasteiger charge is 2.27. The zero-order valence-corrected chi connectivity index (χ0v) is 20.7. The van der Waals surface area contributed by atoms with E-state index in [1.54, 1.807) is 24.3 Å². The predicted octanol–water partition coefficient (Wildman–Crippen LogP) is 4.73. The van der Waals surface area contributed by atoms with Crippen molar-refractivity contribution in [1.29, 1.82) is 0 Å². The van der Waals surface area contributed by atoms with Crippen LogP contribution in [-0.2, 0) is 21.2 Å². The molecule has 1 atom stereocenters. The van der Waals surface area contributed by atoms with Gasteiger partial charge in [-0.25, -0.2) is 8.42 Å². The van der Waals surface area contributed by atoms with Gasteiger partial charge in [0.1, 0.15) is 12.3 Å². The molecule has 0 unspecified atom stereocenters. The number of hydrogen-bond acceptors (Lipinski definition) is 4. The lowest BCUT2D eigenvalue weighted by molar-refractivity contribution is -0.120. The van der Waals surface area contributed by atoms with Crippen LogP contribution in [-0.4, -0.2) is 33.5 Å². The number of benzene rings is 3. The van der Waals surface area contributed by atoms with Crippen molar-refractivity contribution in [3.05, 3.63) is 90.0 Å². The molecule has 6 nitrogen and oxygen atoms in total. The van der Waals surface area contributed by atoms with Crippen molar-refractivity contribution in [2.75, 3.05) is 17.5 Å². The van der Waals surface area contributed by atoms with Crippen LogP contribution >= 0.6 is 0 Å². The van der Waals surface area contributed by atoms with Gasteiger partial charge in [0.15, 0.2) is 0 Å². The number of anilines is 1. The summed E-state index contributed by atoms with van der Waals surface area (Å²) in [5, 5.41) is 2.95. The molecule has 0 bridgehead atoms. The summed E-state index contributed by atoms with van der Waals surface area (Å²) in [7, 11) is -3.97. The molecular formula is C27H32N2O4S. The number of hydrogen-bond donors (Lipinski definition) is 1. The molecule has 0 saturated heterocycles. The minimum Gasteiger partial charge on any atom is -0.494 e. The Morgan fingerprint density at radius 3 is 2.24 bits per heavy atom. The molecule has 0 heterocycles. The smallest absolute Gasteiger partial charge is 0.264 e. The Balaban J connectivity index is 1.76. The lowest BCUT2D eigenvalue weighted by Crippen LogP contribution is -2.43. The standard InChI is InChI=1S/C27H32N2O4S/c1-4-33-25-16-18-26(19-17-25)34(31,32)29(24-14-10-21(2)11-15-24)20-27(30)28-22(3)12-13-23-8-6-5-7-9-23/h5-11,14-19,22H,4,12-13,20H2,1-3H3,(H,28,30)/t22-/m1/s1. The summed E-state index contributed by atoms with van der Waals surface area (Å²) in [4.78, 5) is 13.0. The SMILES string of the molecule is CCOc1ccc(S(=O)(=O)N(CC(=O)N[C@H](C)CCc2ccccc2)c2ccc(C)cc2)cc1. The third-order valence-corrected chi connectivity index (χ3v) is 7.24. The lowest BCUT2D eigenvalue weighted by Gasteiger charge is -2.25. The fraction of sp³-hybridized carbons (Fsp3) is 0.296. The predicted molar refractivity (Wildman–Crippen MR) is 136 cm³/mol. The molecule has 0 spiro atoms. The molecule has 0 aliphatic heterocycles. The van der Waals surface area contributed by atoms with Crippen LogP contribution < -0.4 is 14.4 Å². The Bertz CT molecular complexity index is 1160. The second-order valence-electron chi connectivity index (χ2n) is 8.24. The number of rotatable bonds is 11. The van der Waals surface area contributed by atoms with E-state index < -0.39 is 10.0 Å². The van der Waals surface area contributed by atoms with Crippen molar-refractivity contribution in [3.63, 3.8) is 0 Å². The topological polar surface area (TPSA) is 75.7 Å². The largest absolute Gasteiger partial charge is 0.494 e. The zero-order valence-electron chi connectivity index (χ0n) is 19.9. The van der Waals surface area contributed by atoms with Crippen LogP contribution in [0.15, 0.2) is 83.8 Å². The minimum absolute atomic E-state index is 0.0965. The van der Waals surface area contributed by atoms with Crippen molar-refractivity contribution < 1.29 is 17.9 Å². The molecule has 34 heavy (non-hydrogen) atoms. The number of ether oxygens (including phenoxy) is 1. The fourth-order valence-electron chi connectivity index (χ4n) is 3.58. The monoisotopic (exact) mass is 480 g/mol. The Morgan fingerprint density at radius 1 is 0.971 bits per heavy atom. The van der Waals surface area contributed by atoms with E-state index in [1.807, 2.05) is 51.1 Å². The summed E-state index contributed by atoms with van der Waals surface area (Å²) in [6, 6.07) is 23.3. The van der Waals surface area contributed by atoms with Gasteiger partial charge >= 0.3 is 0 Å². The maximum absolute atomic E-state index is 13.5. The summed E-state index contributed by atoms with van der Waals surface area (Å²) >= 11 is 0. The molecule has 3 aromatic rings. The van der Waals surface area contributed by atoms with E-state index in [9.17, 15) is 13.2 Å². The molecule has 0 radical (unpaired) electrons. The summed E-state index contributed by atoms with van der Waals surface area (Å²) in [5.74, 6) is 0.240. The van der Waals surface area contributed by atoms with Crippen molar-refractivity contribution in [2.45, 2.75) is 44.6 Å². The molecule has 1 N–H and O–H groups in total. The van der Waals surface area contributed by atoms with Gasteiger partial charge in [0, 0.05) is 6.04 Å². The van der Waals surface area contributed by atoms with Gasteiger partial charge in [-0.2, -0.15) is 0 Å². The van der Waals surface area contributed by atoms with Crippen LogP contribution in [0.4, 0.5) is 5.69 Å². The molecule has 0 saturated carbocycles. The third-order valence-electron chi connectivity index (χ3n) is 5.45. The second kappa shape index (κ2) is 11.7. The highest BCUT2D eigenvalue weighted by atomic mass is 32.2. The Labute approximate surface area is 202 Å². The van der Waals surface area contributed by atoms with Crippen LogP contribution in [0.3, 0.4) is 0 Å². The number of aryl methyl sites for hydroxylation is 2. The van der Waals surface area contributed by atoms with Crippen molar-refractivity contribution in [3.8, 4) is 5.75 Å². The molecule has 7 heteroatoms. The highest BCUT2D eigenvalue weighted by Crippen LogP contribution is 2.25. The fourth-order valence-corrected chi connectivity index (χ4v) is 5.00. The van der Waals surface area contributed by atoms with Gasteiger partial charge in [-0.15, -0.1) is 0 Å². The van der Waals surface area contributed by atoms with Gasteiger partial charge in [-0.05, 0) is 75.6 Å². The maximum atomic E-state index is 13.5. The zero-order chi connectivity index (χ0) is 24.6. The average Bonchev–Trinajstić information content (AvgIpc) is 2.83. The van der Waals surface area contributed by atoms with E-state index >= 15 is 0 Å². The summed E-state index contributed by atoms with van der Waals surface area (Å²) in [6.07, 6.45) is 1.58. The van der Waals surface area contributed by atoms with Crippen LogP contribution in [0.1, 0.15) is 31.4 Å². The average molecular weight is 481 g/mol. The number of nitrogens with zero attached hydrogens (tertiary/aromatic N) is 1. The first-order valence-corrected chi connectivity index (χ1v) is 12.9. The van der Waals surface area contributed by atoms with Gasteiger partial charge in [0.25, 0.3) is 10.0 Å². The molecule has 180 valence electrons. The summed E-state index contributed by atoms with van der Waals surface area (Å²) < 4.78 is 33.6. The molecule has 0 aliphatic carbocycles. The molecule has 1 amide bonds. The number of nitrogens with one attached hydrogen (secondary N) is 1. The minimum atomic E-state index is -3.97. The maximum Gasteiger partial charge on any atom is 0.264 e. The summed E-state index contributed by atoms with van der Waals surface area (Å²) in [6.45, 7) is 5.90. The van der Waals surface area contributed by atoms with E-state index in [-0.39, 0.29) is 23.4 Å². The first-order valence-electron chi connectivity index (χ1n) is 11.4. The molecule has 0 fully saturated rings. The first-order chi connectivity index (χ1) is 16.3. The van der Waals surface area contributed by atoms with Crippen LogP contribution in [0.2, 0.25) is 0 Å². The van der Waals surface area contributed by atoms with Crippen molar-refractivity contribution in [1.82, 2.24) is 5.32 Å². The molecular weight excluding hydrogens is 448 g/mol. The van der Waals surface area contributed by atoms with E-state index in [2.05, 4.69) is 17.4 Å². The van der Waals surface area contributed by atoms with E-state index in [1.165, 1.54) is 17.7 Å². The summed E-state index contributed by atoms with van der Waals surface area (Å²) in [5.41, 5.74) is 2.63. The van der Waals surface area contributed by atoms with Gasteiger partial charge in [0.05, 0.1) is 17.2 Å². The Morgan fingerprint density at radius 2 is 1.62 bits per heavy atom. The lowest BCUT2D eigenvalue weighted by atomic mass is 10.1. The Kier molecular flexibility index (Phi) is 8.71. The highest BCUT2D eigenvalue weighted by molar-refractivity contribution is 7.92. The van der Waals surface area contributed by atoms with E-state index in [4.69, 9.17) is 4.74 Å². The van der Waals surface area contributed by atoms with E-state index in [0.29, 0.717) is 18.0 Å².